The van der Waals surface area contributed by atoms with Crippen LogP contribution in [0.1, 0.15) is 25.7 Å². The smallest absolute Gasteiger partial charge is 0.320 e. The quantitative estimate of drug-likeness (QED) is 0.737. The number of fused-ring (bicyclic) bond motifs is 2. The second kappa shape index (κ2) is 4.33. The first-order chi connectivity index (χ1) is 7.46. The average molecular weight is 247 g/mol. The Balaban J connectivity index is 1.81. The summed E-state index contributed by atoms with van der Waals surface area (Å²) in [6.45, 7) is 0.413. The van der Waals surface area contributed by atoms with Crippen molar-refractivity contribution in [3.05, 3.63) is 0 Å². The number of hydrogen-bond acceptors (Lipinski definition) is 3. The lowest BCUT2D eigenvalue weighted by Crippen LogP contribution is -2.35. The lowest BCUT2D eigenvalue weighted by Gasteiger charge is -2.21. The minimum absolute atomic E-state index is 0.413. The third kappa shape index (κ3) is 2.74. The minimum atomic E-state index is -3.63. The molecule has 2 bridgehead atoms. The predicted molar refractivity (Wildman–Crippen MR) is 58.4 cm³/mol. The standard InChI is InChI=1S/C10H17NO4S/c12-10(13)6-16(14,15)11-5-9-4-7-1-2-8(9)3-7/h7-9,11H,1-6H2,(H,12,13). The Bertz CT molecular complexity index is 378. The molecular weight excluding hydrogens is 230 g/mol. The van der Waals surface area contributed by atoms with Crippen LogP contribution in [0, 0.1) is 17.8 Å². The van der Waals surface area contributed by atoms with Crippen molar-refractivity contribution in [2.75, 3.05) is 12.3 Å². The fourth-order valence-corrected chi connectivity index (χ4v) is 3.97. The molecule has 0 saturated heterocycles. The van der Waals surface area contributed by atoms with Crippen LogP contribution in [0.4, 0.5) is 0 Å². The zero-order chi connectivity index (χ0) is 11.8. The van der Waals surface area contributed by atoms with Gasteiger partial charge in [-0.2, -0.15) is 0 Å². The third-order valence-corrected chi connectivity index (χ3v) is 5.00. The highest BCUT2D eigenvalue weighted by atomic mass is 32.2. The van der Waals surface area contributed by atoms with Gasteiger partial charge in [-0.15, -0.1) is 0 Å². The third-order valence-electron chi connectivity index (χ3n) is 3.76. The van der Waals surface area contributed by atoms with Crippen LogP contribution in [-0.4, -0.2) is 31.8 Å². The molecule has 0 aliphatic heterocycles. The van der Waals surface area contributed by atoms with Crippen LogP contribution in [0.3, 0.4) is 0 Å². The topological polar surface area (TPSA) is 83.5 Å². The molecule has 0 aromatic rings. The van der Waals surface area contributed by atoms with Crippen LogP contribution in [0.2, 0.25) is 0 Å². The van der Waals surface area contributed by atoms with Crippen LogP contribution < -0.4 is 4.72 Å². The van der Waals surface area contributed by atoms with E-state index in [4.69, 9.17) is 5.11 Å². The summed E-state index contributed by atoms with van der Waals surface area (Å²) in [6, 6.07) is 0. The second-order valence-electron chi connectivity index (χ2n) is 4.94. The minimum Gasteiger partial charge on any atom is -0.480 e. The number of hydrogen-bond donors (Lipinski definition) is 2. The van der Waals surface area contributed by atoms with Gasteiger partial charge in [-0.3, -0.25) is 4.79 Å². The van der Waals surface area contributed by atoms with E-state index in [0.29, 0.717) is 18.4 Å². The van der Waals surface area contributed by atoms with Crippen molar-refractivity contribution in [3.63, 3.8) is 0 Å². The summed E-state index contributed by atoms with van der Waals surface area (Å²) in [7, 11) is -3.63. The van der Waals surface area contributed by atoms with Gasteiger partial charge in [0.1, 0.15) is 0 Å². The average Bonchev–Trinajstić information content (AvgIpc) is 2.73. The fraction of sp³-hybridized carbons (Fsp3) is 0.900. The van der Waals surface area contributed by atoms with E-state index in [1.165, 1.54) is 19.3 Å². The highest BCUT2D eigenvalue weighted by Crippen LogP contribution is 2.47. The number of carbonyl (C=O) groups is 1. The number of sulfonamides is 1. The Labute approximate surface area is 95.3 Å². The van der Waals surface area contributed by atoms with Gasteiger partial charge < -0.3 is 5.11 Å². The maximum Gasteiger partial charge on any atom is 0.320 e. The van der Waals surface area contributed by atoms with Gasteiger partial charge in [-0.1, -0.05) is 6.42 Å². The summed E-state index contributed by atoms with van der Waals surface area (Å²) in [6.07, 6.45) is 4.81. The van der Waals surface area contributed by atoms with Crippen molar-refractivity contribution in [1.82, 2.24) is 4.72 Å². The molecule has 0 aromatic heterocycles. The van der Waals surface area contributed by atoms with E-state index in [1.807, 2.05) is 0 Å². The van der Waals surface area contributed by atoms with E-state index in [-0.39, 0.29) is 0 Å². The first-order valence-electron chi connectivity index (χ1n) is 5.65. The van der Waals surface area contributed by atoms with Gasteiger partial charge in [0, 0.05) is 6.54 Å². The normalized spacial score (nSPS) is 33.1. The Morgan fingerprint density at radius 3 is 2.56 bits per heavy atom. The zero-order valence-electron chi connectivity index (χ0n) is 9.05. The summed E-state index contributed by atoms with van der Waals surface area (Å²) in [5, 5.41) is 8.43. The molecule has 92 valence electrons. The van der Waals surface area contributed by atoms with Crippen molar-refractivity contribution in [1.29, 1.82) is 0 Å². The van der Waals surface area contributed by atoms with E-state index in [1.54, 1.807) is 0 Å². The van der Waals surface area contributed by atoms with Crippen molar-refractivity contribution in [3.8, 4) is 0 Å². The van der Waals surface area contributed by atoms with E-state index in [0.717, 1.165) is 12.3 Å². The molecule has 3 atom stereocenters. The van der Waals surface area contributed by atoms with E-state index in [9.17, 15) is 13.2 Å². The van der Waals surface area contributed by atoms with Gasteiger partial charge in [0.25, 0.3) is 0 Å². The monoisotopic (exact) mass is 247 g/mol. The SMILES string of the molecule is O=C(O)CS(=O)(=O)NCC1CC2CCC1C2. The molecule has 16 heavy (non-hydrogen) atoms. The van der Waals surface area contributed by atoms with Crippen LogP contribution in [-0.2, 0) is 14.8 Å². The summed E-state index contributed by atoms with van der Waals surface area (Å²) in [5.41, 5.74) is 0. The van der Waals surface area contributed by atoms with Crippen molar-refractivity contribution < 1.29 is 18.3 Å². The highest BCUT2D eigenvalue weighted by molar-refractivity contribution is 7.90. The molecule has 0 amide bonds. The summed E-state index contributed by atoms with van der Waals surface area (Å²) in [5.74, 6) is -0.285. The van der Waals surface area contributed by atoms with Crippen LogP contribution in [0.25, 0.3) is 0 Å². The van der Waals surface area contributed by atoms with E-state index >= 15 is 0 Å². The molecule has 0 aromatic carbocycles. The molecule has 2 rings (SSSR count). The van der Waals surface area contributed by atoms with Gasteiger partial charge in [0.15, 0.2) is 5.75 Å². The van der Waals surface area contributed by atoms with Crippen molar-refractivity contribution in [2.24, 2.45) is 17.8 Å². The molecule has 0 heterocycles. The predicted octanol–water partition coefficient (Wildman–Crippen LogP) is 0.427. The van der Waals surface area contributed by atoms with Crippen molar-refractivity contribution in [2.45, 2.75) is 25.7 Å². The Kier molecular flexibility index (Phi) is 3.21. The van der Waals surface area contributed by atoms with Gasteiger partial charge >= 0.3 is 5.97 Å². The Morgan fingerprint density at radius 1 is 1.31 bits per heavy atom. The maximum absolute atomic E-state index is 11.3. The molecule has 2 aliphatic rings. The van der Waals surface area contributed by atoms with Crippen LogP contribution in [0.5, 0.6) is 0 Å². The Morgan fingerprint density at radius 2 is 2.06 bits per heavy atom. The van der Waals surface area contributed by atoms with E-state index < -0.39 is 21.7 Å². The largest absolute Gasteiger partial charge is 0.480 e. The molecule has 2 fully saturated rings. The van der Waals surface area contributed by atoms with Gasteiger partial charge in [0.2, 0.25) is 10.0 Å². The van der Waals surface area contributed by atoms with Gasteiger partial charge in [-0.05, 0) is 37.0 Å². The first kappa shape index (κ1) is 11.9. The lowest BCUT2D eigenvalue weighted by atomic mass is 9.89. The summed E-state index contributed by atoms with van der Waals surface area (Å²) < 4.78 is 25.0. The van der Waals surface area contributed by atoms with E-state index in [2.05, 4.69) is 4.72 Å². The molecule has 5 nitrogen and oxygen atoms in total. The van der Waals surface area contributed by atoms with Crippen LogP contribution >= 0.6 is 0 Å². The van der Waals surface area contributed by atoms with Crippen molar-refractivity contribution >= 4 is 16.0 Å². The summed E-state index contributed by atoms with van der Waals surface area (Å²) in [4.78, 5) is 10.3. The lowest BCUT2D eigenvalue weighted by molar-refractivity contribution is -0.134. The maximum atomic E-state index is 11.3. The molecule has 3 unspecified atom stereocenters. The molecule has 0 spiro atoms. The molecule has 2 aliphatic carbocycles. The second-order valence-corrected chi connectivity index (χ2v) is 6.74. The zero-order valence-corrected chi connectivity index (χ0v) is 9.87. The number of nitrogens with one attached hydrogen (secondary N) is 1. The molecular formula is C10H17NO4S. The van der Waals surface area contributed by atoms with Crippen LogP contribution in [0.15, 0.2) is 0 Å². The Hall–Kier alpha value is -0.620. The van der Waals surface area contributed by atoms with Gasteiger partial charge in [-0.25, -0.2) is 13.1 Å². The number of rotatable bonds is 5. The first-order valence-corrected chi connectivity index (χ1v) is 7.30. The summed E-state index contributed by atoms with van der Waals surface area (Å²) >= 11 is 0. The number of carboxylic acids is 1. The molecule has 2 N–H and O–H groups in total. The fourth-order valence-electron chi connectivity index (χ4n) is 3.07. The van der Waals surface area contributed by atoms with Gasteiger partial charge in [0.05, 0.1) is 0 Å². The molecule has 0 radical (unpaired) electrons. The number of carboxylic acid groups (broad SMARTS) is 1. The highest BCUT2D eigenvalue weighted by Gasteiger charge is 2.39. The number of aliphatic carboxylic acids is 1. The molecule has 2 saturated carbocycles. The molecule has 6 heteroatoms.